The summed E-state index contributed by atoms with van der Waals surface area (Å²) < 4.78 is 2.03. The predicted molar refractivity (Wildman–Crippen MR) is 69.2 cm³/mol. The van der Waals surface area contributed by atoms with Crippen LogP contribution < -0.4 is 5.32 Å². The van der Waals surface area contributed by atoms with Gasteiger partial charge in [-0.15, -0.1) is 0 Å². The second kappa shape index (κ2) is 6.92. The Kier molecular flexibility index (Phi) is 5.85. The Morgan fingerprint density at radius 2 is 2.06 bits per heavy atom. The van der Waals surface area contributed by atoms with Gasteiger partial charge in [-0.25, -0.2) is 0 Å². The summed E-state index contributed by atoms with van der Waals surface area (Å²) in [5.74, 6) is 0. The van der Waals surface area contributed by atoms with Crippen LogP contribution in [0.3, 0.4) is 0 Å². The number of nitrogens with one attached hydrogen (secondary N) is 1. The molecule has 0 aliphatic rings. The zero-order valence-corrected chi connectivity index (χ0v) is 11.3. The molecule has 1 heterocycles. The first-order valence-electron chi connectivity index (χ1n) is 6.19. The zero-order chi connectivity index (χ0) is 12.0. The first kappa shape index (κ1) is 13.5. The zero-order valence-electron chi connectivity index (χ0n) is 10.5. The molecule has 0 spiro atoms. The van der Waals surface area contributed by atoms with Crippen molar-refractivity contribution in [3.63, 3.8) is 0 Å². The van der Waals surface area contributed by atoms with E-state index < -0.39 is 0 Å². The highest BCUT2D eigenvalue weighted by atomic mass is 35.5. The normalized spacial score (nSPS) is 11.0. The molecule has 0 aromatic carbocycles. The number of rotatable bonds is 7. The number of nitrogens with zero attached hydrogens (tertiary/aromatic N) is 2. The SMILES string of the molecule is CCNCCCc1c(Cl)c(CC)nn1CC. The van der Waals surface area contributed by atoms with Gasteiger partial charge in [0.25, 0.3) is 0 Å². The van der Waals surface area contributed by atoms with Gasteiger partial charge >= 0.3 is 0 Å². The molecule has 0 unspecified atom stereocenters. The van der Waals surface area contributed by atoms with E-state index in [9.17, 15) is 0 Å². The molecule has 0 saturated heterocycles. The second-order valence-electron chi connectivity index (χ2n) is 3.83. The van der Waals surface area contributed by atoms with Gasteiger partial charge in [-0.2, -0.15) is 5.10 Å². The summed E-state index contributed by atoms with van der Waals surface area (Å²) in [7, 11) is 0. The fraction of sp³-hybridized carbons (Fsp3) is 0.750. The average Bonchev–Trinajstić information content (AvgIpc) is 2.61. The lowest BCUT2D eigenvalue weighted by Crippen LogP contribution is -2.15. The van der Waals surface area contributed by atoms with Crippen LogP contribution in [0.4, 0.5) is 0 Å². The molecule has 1 N–H and O–H groups in total. The molecule has 0 fully saturated rings. The van der Waals surface area contributed by atoms with Crippen molar-refractivity contribution < 1.29 is 0 Å². The maximum atomic E-state index is 6.32. The third-order valence-electron chi connectivity index (χ3n) is 2.71. The minimum Gasteiger partial charge on any atom is -0.317 e. The average molecular weight is 244 g/mol. The van der Waals surface area contributed by atoms with Gasteiger partial charge in [0.05, 0.1) is 16.4 Å². The molecule has 0 aliphatic heterocycles. The molecule has 1 rings (SSSR count). The van der Waals surface area contributed by atoms with Crippen LogP contribution in [-0.2, 0) is 19.4 Å². The molecule has 4 heteroatoms. The van der Waals surface area contributed by atoms with Crippen molar-refractivity contribution >= 4 is 11.6 Å². The standard InChI is InChI=1S/C12H22ClN3/c1-4-10-12(13)11(16(6-3)15-10)8-7-9-14-5-2/h14H,4-9H2,1-3H3. The minimum absolute atomic E-state index is 0.876. The van der Waals surface area contributed by atoms with E-state index in [1.807, 2.05) is 4.68 Å². The van der Waals surface area contributed by atoms with Crippen LogP contribution in [-0.4, -0.2) is 22.9 Å². The van der Waals surface area contributed by atoms with Crippen molar-refractivity contribution in [2.24, 2.45) is 0 Å². The monoisotopic (exact) mass is 243 g/mol. The summed E-state index contributed by atoms with van der Waals surface area (Å²) in [5.41, 5.74) is 2.22. The van der Waals surface area contributed by atoms with Crippen LogP contribution in [0.1, 0.15) is 38.6 Å². The van der Waals surface area contributed by atoms with E-state index in [1.165, 1.54) is 5.69 Å². The maximum absolute atomic E-state index is 6.32. The van der Waals surface area contributed by atoms with E-state index in [2.05, 4.69) is 31.2 Å². The summed E-state index contributed by atoms with van der Waals surface area (Å²) in [4.78, 5) is 0. The lowest BCUT2D eigenvalue weighted by molar-refractivity contribution is 0.591. The predicted octanol–water partition coefficient (Wildman–Crippen LogP) is 2.66. The molecule has 1 aromatic rings. The van der Waals surface area contributed by atoms with Crippen LogP contribution in [0.5, 0.6) is 0 Å². The first-order valence-corrected chi connectivity index (χ1v) is 6.57. The Labute approximate surface area is 103 Å². The Morgan fingerprint density at radius 1 is 1.31 bits per heavy atom. The highest BCUT2D eigenvalue weighted by Gasteiger charge is 2.13. The van der Waals surface area contributed by atoms with Crippen molar-refractivity contribution in [1.29, 1.82) is 0 Å². The van der Waals surface area contributed by atoms with Gasteiger partial charge in [0.1, 0.15) is 0 Å². The van der Waals surface area contributed by atoms with E-state index in [0.29, 0.717) is 0 Å². The summed E-state index contributed by atoms with van der Waals surface area (Å²) in [6.45, 7) is 9.30. The molecular weight excluding hydrogens is 222 g/mol. The molecular formula is C12H22ClN3. The van der Waals surface area contributed by atoms with Crippen molar-refractivity contribution in [3.8, 4) is 0 Å². The highest BCUT2D eigenvalue weighted by Crippen LogP contribution is 2.22. The Morgan fingerprint density at radius 3 is 2.62 bits per heavy atom. The topological polar surface area (TPSA) is 29.9 Å². The molecule has 0 radical (unpaired) electrons. The number of hydrogen-bond donors (Lipinski definition) is 1. The van der Waals surface area contributed by atoms with Gasteiger partial charge in [0.2, 0.25) is 0 Å². The van der Waals surface area contributed by atoms with Crippen LogP contribution >= 0.6 is 11.6 Å². The molecule has 0 amide bonds. The van der Waals surface area contributed by atoms with Gasteiger partial charge < -0.3 is 5.32 Å². The van der Waals surface area contributed by atoms with Crippen molar-refractivity contribution in [1.82, 2.24) is 15.1 Å². The number of halogens is 1. The Bertz CT molecular complexity index is 320. The lowest BCUT2D eigenvalue weighted by Gasteiger charge is -2.05. The number of hydrogen-bond acceptors (Lipinski definition) is 2. The maximum Gasteiger partial charge on any atom is 0.0849 e. The van der Waals surface area contributed by atoms with Gasteiger partial charge in [0.15, 0.2) is 0 Å². The molecule has 3 nitrogen and oxygen atoms in total. The quantitative estimate of drug-likeness (QED) is 0.747. The molecule has 92 valence electrons. The molecule has 1 aromatic heterocycles. The Hall–Kier alpha value is -0.540. The molecule has 0 atom stereocenters. The summed E-state index contributed by atoms with van der Waals surface area (Å²) >= 11 is 6.32. The van der Waals surface area contributed by atoms with Crippen molar-refractivity contribution in [2.75, 3.05) is 13.1 Å². The summed E-state index contributed by atoms with van der Waals surface area (Å²) in [6, 6.07) is 0. The number of aryl methyl sites for hydroxylation is 2. The fourth-order valence-electron chi connectivity index (χ4n) is 1.81. The van der Waals surface area contributed by atoms with E-state index in [-0.39, 0.29) is 0 Å². The fourth-order valence-corrected chi connectivity index (χ4v) is 2.18. The largest absolute Gasteiger partial charge is 0.317 e. The Balaban J connectivity index is 2.65. The second-order valence-corrected chi connectivity index (χ2v) is 4.21. The van der Waals surface area contributed by atoms with Gasteiger partial charge in [-0.3, -0.25) is 4.68 Å². The number of aromatic nitrogens is 2. The van der Waals surface area contributed by atoms with Crippen molar-refractivity contribution in [3.05, 3.63) is 16.4 Å². The third kappa shape index (κ3) is 3.22. The van der Waals surface area contributed by atoms with E-state index in [0.717, 1.165) is 49.6 Å². The molecule has 0 aliphatic carbocycles. The van der Waals surface area contributed by atoms with E-state index in [1.54, 1.807) is 0 Å². The summed E-state index contributed by atoms with van der Waals surface area (Å²) in [6.07, 6.45) is 3.03. The molecule has 16 heavy (non-hydrogen) atoms. The van der Waals surface area contributed by atoms with E-state index in [4.69, 9.17) is 11.6 Å². The van der Waals surface area contributed by atoms with Crippen molar-refractivity contribution in [2.45, 2.75) is 46.6 Å². The summed E-state index contributed by atoms with van der Waals surface area (Å²) in [5, 5.41) is 8.71. The van der Waals surface area contributed by atoms with Gasteiger partial charge in [0, 0.05) is 6.54 Å². The van der Waals surface area contributed by atoms with Crippen LogP contribution in [0.2, 0.25) is 5.02 Å². The van der Waals surface area contributed by atoms with Crippen LogP contribution in [0.15, 0.2) is 0 Å². The minimum atomic E-state index is 0.876. The smallest absolute Gasteiger partial charge is 0.0849 e. The van der Waals surface area contributed by atoms with E-state index >= 15 is 0 Å². The molecule has 0 saturated carbocycles. The molecule has 0 bridgehead atoms. The third-order valence-corrected chi connectivity index (χ3v) is 3.15. The lowest BCUT2D eigenvalue weighted by atomic mass is 10.2. The highest BCUT2D eigenvalue weighted by molar-refractivity contribution is 6.31. The van der Waals surface area contributed by atoms with Crippen LogP contribution in [0, 0.1) is 0 Å². The van der Waals surface area contributed by atoms with Gasteiger partial charge in [-0.05, 0) is 39.3 Å². The van der Waals surface area contributed by atoms with Crippen LogP contribution in [0.25, 0.3) is 0 Å². The first-order chi connectivity index (χ1) is 7.74. The van der Waals surface area contributed by atoms with Gasteiger partial charge in [-0.1, -0.05) is 25.4 Å².